The molecule has 0 aliphatic carbocycles. The number of sulfonamides is 1. The molecular weight excluding hydrogens is 294 g/mol. The second kappa shape index (κ2) is 5.71. The van der Waals surface area contributed by atoms with Crippen LogP contribution in [0.15, 0.2) is 63.9 Å². The van der Waals surface area contributed by atoms with E-state index in [1.54, 1.807) is 30.3 Å². The molecule has 2 rings (SSSR count). The lowest BCUT2D eigenvalue weighted by atomic mass is 10.2. The van der Waals surface area contributed by atoms with Gasteiger partial charge in [-0.05, 0) is 6.07 Å². The third-order valence-electron chi connectivity index (χ3n) is 2.63. The topological polar surface area (TPSA) is 116 Å². The highest BCUT2D eigenvalue weighted by atomic mass is 32.2. The lowest BCUT2D eigenvalue weighted by Gasteiger charge is -2.03. The molecule has 0 heterocycles. The van der Waals surface area contributed by atoms with E-state index in [2.05, 4.69) is 4.40 Å². The van der Waals surface area contributed by atoms with Crippen LogP contribution in [0.3, 0.4) is 0 Å². The van der Waals surface area contributed by atoms with Gasteiger partial charge in [0.05, 0.1) is 4.92 Å². The van der Waals surface area contributed by atoms with E-state index in [-0.39, 0.29) is 5.84 Å². The zero-order chi connectivity index (χ0) is 15.5. The first-order chi connectivity index (χ1) is 9.92. The van der Waals surface area contributed by atoms with E-state index in [4.69, 9.17) is 5.73 Å². The Kier molecular flexibility index (Phi) is 3.99. The molecule has 0 radical (unpaired) electrons. The van der Waals surface area contributed by atoms with Gasteiger partial charge in [0.25, 0.3) is 15.7 Å². The fourth-order valence-corrected chi connectivity index (χ4v) is 2.79. The zero-order valence-corrected chi connectivity index (χ0v) is 11.5. The van der Waals surface area contributed by atoms with Crippen molar-refractivity contribution < 1.29 is 13.3 Å². The van der Waals surface area contributed by atoms with Crippen LogP contribution in [0.2, 0.25) is 0 Å². The van der Waals surface area contributed by atoms with Gasteiger partial charge in [-0.2, -0.15) is 8.42 Å². The van der Waals surface area contributed by atoms with Gasteiger partial charge in [-0.25, -0.2) is 0 Å². The smallest absolute Gasteiger partial charge is 0.291 e. The summed E-state index contributed by atoms with van der Waals surface area (Å²) in [5.41, 5.74) is 5.52. The predicted octanol–water partition coefficient (Wildman–Crippen LogP) is 1.69. The molecular formula is C13H11N3O4S. The molecule has 0 aromatic heterocycles. The van der Waals surface area contributed by atoms with Crippen LogP contribution >= 0.6 is 0 Å². The van der Waals surface area contributed by atoms with Crippen molar-refractivity contribution in [2.75, 3.05) is 0 Å². The first-order valence-electron chi connectivity index (χ1n) is 5.81. The van der Waals surface area contributed by atoms with Crippen LogP contribution in [0.5, 0.6) is 0 Å². The molecule has 0 atom stereocenters. The molecule has 108 valence electrons. The molecule has 0 aliphatic rings. The van der Waals surface area contributed by atoms with E-state index in [9.17, 15) is 18.5 Å². The number of hydrogen-bond donors (Lipinski definition) is 1. The number of hydrogen-bond acceptors (Lipinski definition) is 4. The third-order valence-corrected chi connectivity index (χ3v) is 3.97. The van der Waals surface area contributed by atoms with Crippen molar-refractivity contribution >= 4 is 21.5 Å². The van der Waals surface area contributed by atoms with Crippen LogP contribution in [-0.2, 0) is 10.0 Å². The Morgan fingerprint density at radius 3 is 2.24 bits per heavy atom. The van der Waals surface area contributed by atoms with Gasteiger partial charge >= 0.3 is 0 Å². The lowest BCUT2D eigenvalue weighted by molar-refractivity contribution is -0.387. The van der Waals surface area contributed by atoms with Crippen LogP contribution in [-0.4, -0.2) is 19.2 Å². The van der Waals surface area contributed by atoms with E-state index in [1.165, 1.54) is 12.1 Å². The summed E-state index contributed by atoms with van der Waals surface area (Å²) in [6.07, 6.45) is 0. The Hall–Kier alpha value is -2.74. The maximum Gasteiger partial charge on any atom is 0.291 e. The van der Waals surface area contributed by atoms with Gasteiger partial charge in [0.2, 0.25) is 0 Å². The largest absolute Gasteiger partial charge is 0.383 e. The molecule has 2 aromatic carbocycles. The van der Waals surface area contributed by atoms with Crippen LogP contribution in [0.4, 0.5) is 5.69 Å². The highest BCUT2D eigenvalue weighted by molar-refractivity contribution is 7.90. The molecule has 21 heavy (non-hydrogen) atoms. The first-order valence-corrected chi connectivity index (χ1v) is 7.25. The number of nitrogens with zero attached hydrogens (tertiary/aromatic N) is 2. The molecule has 7 nitrogen and oxygen atoms in total. The molecule has 0 unspecified atom stereocenters. The van der Waals surface area contributed by atoms with Crippen LogP contribution in [0.1, 0.15) is 5.56 Å². The Labute approximate surface area is 121 Å². The zero-order valence-electron chi connectivity index (χ0n) is 10.7. The minimum absolute atomic E-state index is 0.228. The van der Waals surface area contributed by atoms with Gasteiger partial charge in [0.15, 0.2) is 4.90 Å². The van der Waals surface area contributed by atoms with Crippen LogP contribution < -0.4 is 5.73 Å². The fraction of sp³-hybridized carbons (Fsp3) is 0. The second-order valence-electron chi connectivity index (χ2n) is 4.04. The summed E-state index contributed by atoms with van der Waals surface area (Å²) in [5.74, 6) is -0.228. The van der Waals surface area contributed by atoms with Crippen molar-refractivity contribution in [3.05, 3.63) is 70.3 Å². The summed E-state index contributed by atoms with van der Waals surface area (Å²) >= 11 is 0. The number of nitrogens with two attached hydrogens (primary N) is 1. The van der Waals surface area contributed by atoms with Gasteiger partial charge in [-0.15, -0.1) is 4.40 Å². The third kappa shape index (κ3) is 3.23. The normalized spacial score (nSPS) is 12.1. The second-order valence-corrected chi connectivity index (χ2v) is 5.61. The van der Waals surface area contributed by atoms with Crippen molar-refractivity contribution in [3.63, 3.8) is 0 Å². The van der Waals surface area contributed by atoms with Gasteiger partial charge in [-0.3, -0.25) is 10.1 Å². The predicted molar refractivity (Wildman–Crippen MR) is 77.4 cm³/mol. The Balaban J connectivity index is 2.52. The maximum atomic E-state index is 12.2. The summed E-state index contributed by atoms with van der Waals surface area (Å²) < 4.78 is 27.8. The standard InChI is InChI=1S/C13H11N3O4S/c14-13(10-6-2-1-3-7-10)15-21(19,20)12-9-5-4-8-11(12)16(17)18/h1-9H,(H2,14,15). The van der Waals surface area contributed by atoms with Crippen molar-refractivity contribution in [2.45, 2.75) is 4.90 Å². The summed E-state index contributed by atoms with van der Waals surface area (Å²) in [7, 11) is -4.26. The van der Waals surface area contributed by atoms with Crippen molar-refractivity contribution in [1.82, 2.24) is 0 Å². The minimum Gasteiger partial charge on any atom is -0.383 e. The monoisotopic (exact) mass is 305 g/mol. The maximum absolute atomic E-state index is 12.2. The molecule has 0 fully saturated rings. The Bertz CT molecular complexity index is 801. The van der Waals surface area contributed by atoms with Gasteiger partial charge < -0.3 is 5.73 Å². The number of nitro groups is 1. The van der Waals surface area contributed by atoms with Gasteiger partial charge in [0, 0.05) is 11.6 Å². The summed E-state index contributed by atoms with van der Waals surface area (Å²) in [6.45, 7) is 0. The van der Waals surface area contributed by atoms with E-state index in [0.717, 1.165) is 12.1 Å². The Morgan fingerprint density at radius 1 is 1.05 bits per heavy atom. The number of benzene rings is 2. The quantitative estimate of drug-likeness (QED) is 0.399. The van der Waals surface area contributed by atoms with Gasteiger partial charge in [0.1, 0.15) is 5.84 Å². The number of amidine groups is 1. The molecule has 0 bridgehead atoms. The SMILES string of the molecule is NC(=NS(=O)(=O)c1ccccc1[N+](=O)[O-])c1ccccc1. The molecule has 0 amide bonds. The molecule has 8 heteroatoms. The fourth-order valence-electron chi connectivity index (χ4n) is 1.67. The minimum atomic E-state index is -4.26. The summed E-state index contributed by atoms with van der Waals surface area (Å²) in [6, 6.07) is 13.3. The van der Waals surface area contributed by atoms with E-state index >= 15 is 0 Å². The van der Waals surface area contributed by atoms with Crippen LogP contribution in [0, 0.1) is 10.1 Å². The average molecular weight is 305 g/mol. The average Bonchev–Trinajstić information content (AvgIpc) is 2.47. The van der Waals surface area contributed by atoms with Crippen molar-refractivity contribution in [2.24, 2.45) is 10.1 Å². The Morgan fingerprint density at radius 2 is 1.62 bits per heavy atom. The highest BCUT2D eigenvalue weighted by Crippen LogP contribution is 2.24. The van der Waals surface area contributed by atoms with E-state index in [1.807, 2.05) is 0 Å². The molecule has 0 saturated heterocycles. The first kappa shape index (κ1) is 14.7. The summed E-state index contributed by atoms with van der Waals surface area (Å²) in [5, 5.41) is 10.9. The number of para-hydroxylation sites is 1. The lowest BCUT2D eigenvalue weighted by Crippen LogP contribution is -2.16. The summed E-state index contributed by atoms with van der Waals surface area (Å²) in [4.78, 5) is 9.62. The number of nitro benzene ring substituents is 1. The highest BCUT2D eigenvalue weighted by Gasteiger charge is 2.25. The van der Waals surface area contributed by atoms with Gasteiger partial charge in [-0.1, -0.05) is 42.5 Å². The van der Waals surface area contributed by atoms with E-state index in [0.29, 0.717) is 5.56 Å². The van der Waals surface area contributed by atoms with E-state index < -0.39 is 25.5 Å². The van der Waals surface area contributed by atoms with Crippen molar-refractivity contribution in [1.29, 1.82) is 0 Å². The molecule has 0 aliphatic heterocycles. The molecule has 0 spiro atoms. The number of rotatable bonds is 4. The van der Waals surface area contributed by atoms with Crippen LogP contribution in [0.25, 0.3) is 0 Å². The van der Waals surface area contributed by atoms with Crippen molar-refractivity contribution in [3.8, 4) is 0 Å². The molecule has 0 saturated carbocycles. The molecule has 2 aromatic rings. The molecule has 2 N–H and O–H groups in total.